The van der Waals surface area contributed by atoms with Crippen LogP contribution in [-0.4, -0.2) is 30.1 Å². The molecule has 2 heterocycles. The quantitative estimate of drug-likeness (QED) is 0.897. The molecule has 0 spiro atoms. The van der Waals surface area contributed by atoms with Crippen LogP contribution in [0.15, 0.2) is 18.2 Å². The molecule has 0 saturated carbocycles. The summed E-state index contributed by atoms with van der Waals surface area (Å²) < 4.78 is 0. The average Bonchev–Trinajstić information content (AvgIpc) is 2.79. The van der Waals surface area contributed by atoms with Crippen molar-refractivity contribution in [3.63, 3.8) is 0 Å². The molecule has 0 aliphatic carbocycles. The minimum absolute atomic E-state index is 0. The Kier molecular flexibility index (Phi) is 5.96. The molecule has 2 atom stereocenters. The van der Waals surface area contributed by atoms with Gasteiger partial charge in [0.1, 0.15) is 0 Å². The number of hydrogen-bond donors (Lipinski definition) is 1. The van der Waals surface area contributed by atoms with Crippen LogP contribution in [0.5, 0.6) is 0 Å². The molecule has 3 rings (SSSR count). The summed E-state index contributed by atoms with van der Waals surface area (Å²) in [4.78, 5) is 2.52. The van der Waals surface area contributed by atoms with Crippen LogP contribution in [-0.2, 0) is 13.0 Å². The first-order chi connectivity index (χ1) is 9.67. The van der Waals surface area contributed by atoms with Crippen molar-refractivity contribution in [1.82, 2.24) is 10.2 Å². The minimum Gasteiger partial charge on any atom is -0.311 e. The van der Waals surface area contributed by atoms with E-state index >= 15 is 0 Å². The minimum atomic E-state index is 0. The van der Waals surface area contributed by atoms with Crippen LogP contribution in [0.2, 0.25) is 5.02 Å². The van der Waals surface area contributed by atoms with E-state index in [2.05, 4.69) is 36.3 Å². The third-order valence-corrected chi connectivity index (χ3v) is 5.43. The van der Waals surface area contributed by atoms with Crippen molar-refractivity contribution in [3.8, 4) is 0 Å². The molecule has 1 N–H and O–H groups in total. The molecule has 2 aliphatic heterocycles. The highest BCUT2D eigenvalue weighted by Gasteiger charge is 2.35. The summed E-state index contributed by atoms with van der Waals surface area (Å²) in [7, 11) is 2.26. The predicted octanol–water partition coefficient (Wildman–Crippen LogP) is 4.04. The van der Waals surface area contributed by atoms with E-state index in [9.17, 15) is 0 Å². The maximum Gasteiger partial charge on any atom is 0.0453 e. The van der Waals surface area contributed by atoms with Gasteiger partial charge in [-0.1, -0.05) is 30.7 Å². The number of hydrogen-bond acceptors (Lipinski definition) is 2. The molecule has 1 aromatic rings. The van der Waals surface area contributed by atoms with Crippen molar-refractivity contribution < 1.29 is 0 Å². The second-order valence-corrected chi connectivity index (χ2v) is 6.82. The summed E-state index contributed by atoms with van der Waals surface area (Å²) >= 11 is 6.42. The molecule has 0 radical (unpaired) electrons. The maximum atomic E-state index is 6.42. The van der Waals surface area contributed by atoms with E-state index in [1.807, 2.05) is 6.07 Å². The van der Waals surface area contributed by atoms with Gasteiger partial charge in [-0.05, 0) is 56.3 Å². The monoisotopic (exact) mass is 328 g/mol. The number of halogens is 2. The van der Waals surface area contributed by atoms with Gasteiger partial charge in [-0.25, -0.2) is 0 Å². The van der Waals surface area contributed by atoms with Crippen molar-refractivity contribution in [2.45, 2.75) is 63.7 Å². The summed E-state index contributed by atoms with van der Waals surface area (Å²) in [5.41, 5.74) is 2.71. The average molecular weight is 329 g/mol. The highest BCUT2D eigenvalue weighted by Crippen LogP contribution is 2.31. The summed E-state index contributed by atoms with van der Waals surface area (Å²) in [5, 5.41) is 4.64. The van der Waals surface area contributed by atoms with Gasteiger partial charge in [-0.15, -0.1) is 12.4 Å². The van der Waals surface area contributed by atoms with Gasteiger partial charge in [-0.3, -0.25) is 4.90 Å². The summed E-state index contributed by atoms with van der Waals surface area (Å²) in [5.74, 6) is 0. The third kappa shape index (κ3) is 3.73. The normalized spacial score (nSPS) is 27.7. The van der Waals surface area contributed by atoms with Crippen LogP contribution in [0.1, 0.15) is 43.7 Å². The summed E-state index contributed by atoms with van der Waals surface area (Å²) in [6.45, 7) is 3.19. The number of piperidine rings is 1. The molecule has 0 aromatic heterocycles. The molecule has 4 heteroatoms. The lowest BCUT2D eigenvalue weighted by Gasteiger charge is -2.36. The molecule has 2 fully saturated rings. The molecule has 2 nitrogen and oxygen atoms in total. The highest BCUT2D eigenvalue weighted by molar-refractivity contribution is 6.31. The number of nitrogens with zero attached hydrogens (tertiary/aromatic N) is 1. The summed E-state index contributed by atoms with van der Waals surface area (Å²) in [6, 6.07) is 8.50. The van der Waals surface area contributed by atoms with E-state index in [1.54, 1.807) is 0 Å². The number of fused-ring (bicyclic) bond motifs is 2. The number of aryl methyl sites for hydroxylation is 1. The van der Waals surface area contributed by atoms with Gasteiger partial charge in [-0.2, -0.15) is 0 Å². The van der Waals surface area contributed by atoms with Crippen molar-refractivity contribution in [3.05, 3.63) is 34.3 Å². The zero-order valence-corrected chi connectivity index (χ0v) is 14.5. The smallest absolute Gasteiger partial charge is 0.0453 e. The first-order valence-corrected chi connectivity index (χ1v) is 8.27. The molecule has 2 bridgehead atoms. The van der Waals surface area contributed by atoms with Gasteiger partial charge in [0, 0.05) is 29.7 Å². The first-order valence-electron chi connectivity index (χ1n) is 7.90. The van der Waals surface area contributed by atoms with Gasteiger partial charge in [0.15, 0.2) is 0 Å². The molecular weight excluding hydrogens is 303 g/mol. The lowest BCUT2D eigenvalue weighted by Crippen LogP contribution is -2.46. The van der Waals surface area contributed by atoms with E-state index in [4.69, 9.17) is 11.6 Å². The van der Waals surface area contributed by atoms with Gasteiger partial charge in [0.05, 0.1) is 0 Å². The Morgan fingerprint density at radius 1 is 1.24 bits per heavy atom. The van der Waals surface area contributed by atoms with E-state index in [0.717, 1.165) is 30.1 Å². The fourth-order valence-electron chi connectivity index (χ4n) is 3.88. The molecule has 2 unspecified atom stereocenters. The van der Waals surface area contributed by atoms with Gasteiger partial charge in [0.2, 0.25) is 0 Å². The van der Waals surface area contributed by atoms with Crippen molar-refractivity contribution in [2.24, 2.45) is 0 Å². The van der Waals surface area contributed by atoms with Crippen LogP contribution < -0.4 is 5.32 Å². The second-order valence-electron chi connectivity index (χ2n) is 6.41. The van der Waals surface area contributed by atoms with Crippen LogP contribution in [0.25, 0.3) is 0 Å². The van der Waals surface area contributed by atoms with Crippen LogP contribution >= 0.6 is 24.0 Å². The van der Waals surface area contributed by atoms with Gasteiger partial charge in [0.25, 0.3) is 0 Å². The van der Waals surface area contributed by atoms with E-state index in [-0.39, 0.29) is 12.4 Å². The zero-order valence-electron chi connectivity index (χ0n) is 12.9. The predicted molar refractivity (Wildman–Crippen MR) is 92.5 cm³/mol. The van der Waals surface area contributed by atoms with E-state index in [0.29, 0.717) is 6.04 Å². The van der Waals surface area contributed by atoms with Crippen LogP contribution in [0.4, 0.5) is 0 Å². The fraction of sp³-hybridized carbons (Fsp3) is 0.647. The highest BCUT2D eigenvalue weighted by atomic mass is 35.5. The van der Waals surface area contributed by atoms with Gasteiger partial charge < -0.3 is 5.32 Å². The SMILES string of the molecule is CCc1cccc(Cl)c1CN(C)C1CC2CCC(C1)N2.Cl. The largest absolute Gasteiger partial charge is 0.311 e. The third-order valence-electron chi connectivity index (χ3n) is 5.08. The van der Waals surface area contributed by atoms with E-state index < -0.39 is 0 Å². The molecule has 2 saturated heterocycles. The molecule has 0 amide bonds. The Hall–Kier alpha value is -0.280. The first kappa shape index (κ1) is 17.1. The van der Waals surface area contributed by atoms with Crippen molar-refractivity contribution in [1.29, 1.82) is 0 Å². The second kappa shape index (κ2) is 7.32. The number of benzene rings is 1. The topological polar surface area (TPSA) is 15.3 Å². The van der Waals surface area contributed by atoms with Crippen LogP contribution in [0.3, 0.4) is 0 Å². The Balaban J connectivity index is 0.00000161. The zero-order chi connectivity index (χ0) is 14.1. The Bertz CT molecular complexity index is 466. The van der Waals surface area contributed by atoms with Crippen molar-refractivity contribution in [2.75, 3.05) is 7.05 Å². The Morgan fingerprint density at radius 3 is 2.52 bits per heavy atom. The number of nitrogens with one attached hydrogen (secondary N) is 1. The molecule has 21 heavy (non-hydrogen) atoms. The fourth-order valence-corrected chi connectivity index (χ4v) is 4.13. The number of rotatable bonds is 4. The summed E-state index contributed by atoms with van der Waals surface area (Å²) in [6.07, 6.45) is 6.36. The Morgan fingerprint density at radius 2 is 1.90 bits per heavy atom. The van der Waals surface area contributed by atoms with Gasteiger partial charge >= 0.3 is 0 Å². The van der Waals surface area contributed by atoms with E-state index in [1.165, 1.54) is 36.8 Å². The lowest BCUT2D eigenvalue weighted by molar-refractivity contribution is 0.165. The molecule has 2 aliphatic rings. The molecular formula is C17H26Cl2N2. The van der Waals surface area contributed by atoms with Crippen molar-refractivity contribution >= 4 is 24.0 Å². The molecule has 118 valence electrons. The lowest BCUT2D eigenvalue weighted by atomic mass is 9.97. The Labute approximate surface area is 139 Å². The van der Waals surface area contributed by atoms with Crippen LogP contribution in [0, 0.1) is 0 Å². The maximum absolute atomic E-state index is 6.42. The molecule has 1 aromatic carbocycles. The standard InChI is InChI=1S/C17H25ClN2.ClH/c1-3-12-5-4-6-17(18)16(12)11-20(2)15-9-13-7-8-14(10-15)19-13;/h4-6,13-15,19H,3,7-11H2,1-2H3;1H.